The van der Waals surface area contributed by atoms with E-state index in [1.807, 2.05) is 12.1 Å². The number of halogens is 5. The van der Waals surface area contributed by atoms with Gasteiger partial charge in [-0.2, -0.15) is 13.2 Å². The summed E-state index contributed by atoms with van der Waals surface area (Å²) in [5.74, 6) is -3.05. The molecule has 0 radical (unpaired) electrons. The summed E-state index contributed by atoms with van der Waals surface area (Å²) in [6.07, 6.45) is -3.01. The number of cyclic esters (lactones) is 1. The maximum Gasteiger partial charge on any atom is 0.490 e. The standard InChI is InChI=1S/C16H18Br2N2O3.C2HF3O2/c17-10-1-2-13(18)12(7-10)14(21)20-9-11-8-16(15(22)23-11)3-5-19-6-4-16;3-2(4,5)1(6)7/h1-2,7,11,19H,3-6,8-9H2,(H,20,21);(H,6,7). The van der Waals surface area contributed by atoms with Crippen molar-refractivity contribution in [1.29, 1.82) is 0 Å². The Labute approximate surface area is 187 Å². The van der Waals surface area contributed by atoms with Crippen LogP contribution >= 0.6 is 31.9 Å². The van der Waals surface area contributed by atoms with E-state index in [-0.39, 0.29) is 23.4 Å². The molecule has 12 heteroatoms. The molecule has 1 spiro atoms. The van der Waals surface area contributed by atoms with Crippen LogP contribution in [0.1, 0.15) is 29.6 Å². The van der Waals surface area contributed by atoms with Gasteiger partial charge in [0, 0.05) is 15.4 Å². The van der Waals surface area contributed by atoms with Crippen LogP contribution < -0.4 is 10.6 Å². The van der Waals surface area contributed by atoms with E-state index in [2.05, 4.69) is 42.5 Å². The molecule has 3 rings (SSSR count). The number of hydrogen-bond acceptors (Lipinski definition) is 5. The number of alkyl halides is 3. The Morgan fingerprint density at radius 3 is 2.43 bits per heavy atom. The van der Waals surface area contributed by atoms with E-state index in [1.165, 1.54) is 0 Å². The molecule has 166 valence electrons. The molecule has 7 nitrogen and oxygen atoms in total. The summed E-state index contributed by atoms with van der Waals surface area (Å²) in [6.45, 7) is 2.04. The second-order valence-electron chi connectivity index (χ2n) is 6.90. The lowest BCUT2D eigenvalue weighted by Gasteiger charge is -2.29. The second-order valence-corrected chi connectivity index (χ2v) is 8.67. The Morgan fingerprint density at radius 1 is 1.27 bits per heavy atom. The Balaban J connectivity index is 0.000000396. The van der Waals surface area contributed by atoms with E-state index >= 15 is 0 Å². The predicted octanol–water partition coefficient (Wildman–Crippen LogP) is 3.26. The number of nitrogens with one attached hydrogen (secondary N) is 2. The number of carbonyl (C=O) groups excluding carboxylic acids is 2. The average molecular weight is 560 g/mol. The minimum atomic E-state index is -5.08. The first-order chi connectivity index (χ1) is 13.9. The molecule has 1 amide bonds. The van der Waals surface area contributed by atoms with Crippen LogP contribution in [0.4, 0.5) is 13.2 Å². The maximum atomic E-state index is 12.3. The number of carbonyl (C=O) groups is 3. The summed E-state index contributed by atoms with van der Waals surface area (Å²) in [5.41, 5.74) is 0.206. The van der Waals surface area contributed by atoms with Crippen LogP contribution in [0.15, 0.2) is 27.1 Å². The Hall–Kier alpha value is -1.66. The molecule has 2 heterocycles. The highest BCUT2D eigenvalue weighted by molar-refractivity contribution is 9.11. The van der Waals surface area contributed by atoms with Gasteiger partial charge in [0.25, 0.3) is 5.91 Å². The maximum absolute atomic E-state index is 12.3. The smallest absolute Gasteiger partial charge is 0.475 e. The molecule has 1 unspecified atom stereocenters. The molecule has 30 heavy (non-hydrogen) atoms. The van der Waals surface area contributed by atoms with Crippen molar-refractivity contribution in [2.75, 3.05) is 19.6 Å². The van der Waals surface area contributed by atoms with E-state index in [0.29, 0.717) is 18.5 Å². The number of piperidine rings is 1. The van der Waals surface area contributed by atoms with Gasteiger partial charge in [-0.1, -0.05) is 15.9 Å². The third kappa shape index (κ3) is 6.42. The van der Waals surface area contributed by atoms with Crippen molar-refractivity contribution in [3.8, 4) is 0 Å². The van der Waals surface area contributed by atoms with Gasteiger partial charge in [0.05, 0.1) is 17.5 Å². The number of hydrogen-bond donors (Lipinski definition) is 3. The van der Waals surface area contributed by atoms with Crippen molar-refractivity contribution in [1.82, 2.24) is 10.6 Å². The predicted molar refractivity (Wildman–Crippen MR) is 107 cm³/mol. The van der Waals surface area contributed by atoms with Crippen LogP contribution in [0.5, 0.6) is 0 Å². The van der Waals surface area contributed by atoms with Crippen molar-refractivity contribution in [2.24, 2.45) is 5.41 Å². The summed E-state index contributed by atoms with van der Waals surface area (Å²) in [5, 5.41) is 13.3. The minimum absolute atomic E-state index is 0.109. The first kappa shape index (κ1) is 24.6. The lowest BCUT2D eigenvalue weighted by Crippen LogP contribution is -2.39. The molecule has 1 atom stereocenters. The molecule has 1 aromatic carbocycles. The SMILES string of the molecule is O=C(NCC1CC2(CCNCC2)C(=O)O1)c1cc(Br)ccc1Br.O=C(O)C(F)(F)F. The van der Waals surface area contributed by atoms with E-state index in [0.717, 1.165) is 34.9 Å². The zero-order chi connectivity index (χ0) is 22.5. The minimum Gasteiger partial charge on any atom is -0.475 e. The van der Waals surface area contributed by atoms with Gasteiger partial charge in [0.2, 0.25) is 0 Å². The molecule has 0 bridgehead atoms. The Bertz CT molecular complexity index is 814. The van der Waals surface area contributed by atoms with E-state index in [1.54, 1.807) is 6.07 Å². The van der Waals surface area contributed by atoms with E-state index in [4.69, 9.17) is 14.6 Å². The van der Waals surface area contributed by atoms with Crippen LogP contribution in [-0.4, -0.2) is 54.9 Å². The first-order valence-electron chi connectivity index (χ1n) is 8.90. The van der Waals surface area contributed by atoms with Crippen LogP contribution in [-0.2, 0) is 14.3 Å². The van der Waals surface area contributed by atoms with Gasteiger partial charge in [-0.3, -0.25) is 9.59 Å². The molecule has 0 aromatic heterocycles. The number of benzene rings is 1. The number of carboxylic acids is 1. The molecule has 1 aromatic rings. The highest BCUT2D eigenvalue weighted by Crippen LogP contribution is 2.41. The zero-order valence-corrected chi connectivity index (χ0v) is 18.7. The molecule has 2 aliphatic rings. The van der Waals surface area contributed by atoms with Crippen LogP contribution in [0, 0.1) is 5.41 Å². The van der Waals surface area contributed by atoms with Gasteiger partial charge in [0.15, 0.2) is 0 Å². The fourth-order valence-electron chi connectivity index (χ4n) is 3.24. The largest absolute Gasteiger partial charge is 0.490 e. The van der Waals surface area contributed by atoms with Gasteiger partial charge < -0.3 is 20.5 Å². The van der Waals surface area contributed by atoms with Crippen molar-refractivity contribution in [2.45, 2.75) is 31.5 Å². The van der Waals surface area contributed by atoms with Gasteiger partial charge in [0.1, 0.15) is 6.10 Å². The van der Waals surface area contributed by atoms with Gasteiger partial charge >= 0.3 is 18.1 Å². The number of esters is 1. The third-order valence-corrected chi connectivity index (χ3v) is 5.98. The Kier molecular flexibility index (Phi) is 8.28. The molecule has 2 saturated heterocycles. The van der Waals surface area contributed by atoms with Crippen LogP contribution in [0.25, 0.3) is 0 Å². The molecule has 2 aliphatic heterocycles. The summed E-state index contributed by atoms with van der Waals surface area (Å²) >= 11 is 6.74. The lowest BCUT2D eigenvalue weighted by atomic mass is 9.76. The van der Waals surface area contributed by atoms with Gasteiger partial charge in [-0.25, -0.2) is 4.79 Å². The van der Waals surface area contributed by atoms with Crippen molar-refractivity contribution in [3.05, 3.63) is 32.7 Å². The Morgan fingerprint density at radius 2 is 1.87 bits per heavy atom. The monoisotopic (exact) mass is 558 g/mol. The first-order valence-corrected chi connectivity index (χ1v) is 10.5. The number of ether oxygens (including phenoxy) is 1. The number of rotatable bonds is 3. The third-order valence-electron chi connectivity index (χ3n) is 4.79. The summed E-state index contributed by atoms with van der Waals surface area (Å²) < 4.78 is 38.8. The lowest BCUT2D eigenvalue weighted by molar-refractivity contribution is -0.192. The fraction of sp³-hybridized carbons (Fsp3) is 0.500. The molecule has 0 saturated carbocycles. The summed E-state index contributed by atoms with van der Waals surface area (Å²) in [4.78, 5) is 33.4. The van der Waals surface area contributed by atoms with Gasteiger partial charge in [-0.05, 0) is 60.1 Å². The average Bonchev–Trinajstić information content (AvgIpc) is 2.97. The molecular weight excluding hydrogens is 541 g/mol. The molecular formula is C18H19Br2F3N2O5. The highest BCUT2D eigenvalue weighted by Gasteiger charge is 2.49. The molecule has 3 N–H and O–H groups in total. The molecule has 2 fully saturated rings. The number of carboxylic acid groups (broad SMARTS) is 1. The van der Waals surface area contributed by atoms with Crippen molar-refractivity contribution >= 4 is 49.7 Å². The number of amides is 1. The van der Waals surface area contributed by atoms with Crippen molar-refractivity contribution < 1.29 is 37.4 Å². The summed E-state index contributed by atoms with van der Waals surface area (Å²) in [6, 6.07) is 5.44. The van der Waals surface area contributed by atoms with Crippen LogP contribution in [0.2, 0.25) is 0 Å². The second kappa shape index (κ2) is 10.1. The zero-order valence-electron chi connectivity index (χ0n) is 15.5. The van der Waals surface area contributed by atoms with E-state index < -0.39 is 12.1 Å². The van der Waals surface area contributed by atoms with Gasteiger partial charge in [-0.15, -0.1) is 0 Å². The topological polar surface area (TPSA) is 105 Å². The number of aliphatic carboxylic acids is 1. The van der Waals surface area contributed by atoms with Crippen LogP contribution in [0.3, 0.4) is 0 Å². The molecule has 0 aliphatic carbocycles. The van der Waals surface area contributed by atoms with E-state index in [9.17, 15) is 22.8 Å². The summed E-state index contributed by atoms with van der Waals surface area (Å²) in [7, 11) is 0. The fourth-order valence-corrected chi connectivity index (χ4v) is 4.03. The quantitative estimate of drug-likeness (QED) is 0.491. The van der Waals surface area contributed by atoms with Crippen molar-refractivity contribution in [3.63, 3.8) is 0 Å². The highest BCUT2D eigenvalue weighted by atomic mass is 79.9. The normalized spacial score (nSPS) is 20.2.